The molecule has 0 spiro atoms. The number of hydrogen-bond donors (Lipinski definition) is 1. The van der Waals surface area contributed by atoms with Crippen LogP contribution in [-0.4, -0.2) is 25.0 Å². The van der Waals surface area contributed by atoms with Gasteiger partial charge in [-0.3, -0.25) is 0 Å². The third-order valence-corrected chi connectivity index (χ3v) is 4.39. The van der Waals surface area contributed by atoms with E-state index in [-0.39, 0.29) is 0 Å². The number of hydrogen-bond acceptors (Lipinski definition) is 7. The van der Waals surface area contributed by atoms with Crippen molar-refractivity contribution in [3.8, 4) is 11.4 Å². The average molecular weight is 314 g/mol. The number of thioether (sulfide) groups is 1. The SMILES string of the molecule is Nn1c(SCc2nc(-c3ccccc3)no2)nnc1C1CC1. The largest absolute Gasteiger partial charge is 0.338 e. The fraction of sp³-hybridized carbons (Fsp3) is 0.286. The fourth-order valence-corrected chi connectivity index (χ4v) is 2.85. The molecule has 0 unspecified atom stereocenters. The Kier molecular flexibility index (Phi) is 3.30. The van der Waals surface area contributed by atoms with E-state index in [9.17, 15) is 0 Å². The molecule has 1 aliphatic rings. The van der Waals surface area contributed by atoms with Gasteiger partial charge < -0.3 is 10.4 Å². The van der Waals surface area contributed by atoms with Crippen molar-refractivity contribution in [2.24, 2.45) is 0 Å². The fourth-order valence-electron chi connectivity index (χ4n) is 2.15. The lowest BCUT2D eigenvalue weighted by molar-refractivity contribution is 0.391. The monoisotopic (exact) mass is 314 g/mol. The third-order valence-electron chi connectivity index (χ3n) is 3.46. The quantitative estimate of drug-likeness (QED) is 0.569. The first-order chi connectivity index (χ1) is 10.8. The Labute approximate surface area is 130 Å². The van der Waals surface area contributed by atoms with E-state index in [4.69, 9.17) is 10.4 Å². The van der Waals surface area contributed by atoms with Crippen LogP contribution in [-0.2, 0) is 5.75 Å². The minimum Gasteiger partial charge on any atom is -0.338 e. The van der Waals surface area contributed by atoms with Crippen molar-refractivity contribution < 1.29 is 4.52 Å². The van der Waals surface area contributed by atoms with Gasteiger partial charge in [-0.1, -0.05) is 47.3 Å². The highest BCUT2D eigenvalue weighted by Gasteiger charge is 2.30. The Morgan fingerprint density at radius 2 is 2.05 bits per heavy atom. The summed E-state index contributed by atoms with van der Waals surface area (Å²) >= 11 is 1.44. The second kappa shape index (κ2) is 5.45. The van der Waals surface area contributed by atoms with Crippen LogP contribution in [0.3, 0.4) is 0 Å². The summed E-state index contributed by atoms with van der Waals surface area (Å²) in [7, 11) is 0. The molecule has 1 aromatic carbocycles. The standard InChI is InChI=1S/C14H14N6OS/c15-20-13(10-6-7-10)17-18-14(20)22-8-11-16-12(19-21-11)9-4-2-1-3-5-9/h1-5,10H,6-8,15H2. The number of nitrogen functional groups attached to an aromatic ring is 1. The van der Waals surface area contributed by atoms with Gasteiger partial charge >= 0.3 is 0 Å². The van der Waals surface area contributed by atoms with Crippen molar-refractivity contribution in [2.45, 2.75) is 29.7 Å². The summed E-state index contributed by atoms with van der Waals surface area (Å²) in [6.45, 7) is 0. The lowest BCUT2D eigenvalue weighted by Crippen LogP contribution is -2.13. The summed E-state index contributed by atoms with van der Waals surface area (Å²) in [6, 6.07) is 9.72. The van der Waals surface area contributed by atoms with Gasteiger partial charge in [0.1, 0.15) is 0 Å². The van der Waals surface area contributed by atoms with Crippen molar-refractivity contribution in [3.63, 3.8) is 0 Å². The van der Waals surface area contributed by atoms with E-state index >= 15 is 0 Å². The first-order valence-electron chi connectivity index (χ1n) is 7.02. The Morgan fingerprint density at radius 3 is 2.82 bits per heavy atom. The highest BCUT2D eigenvalue weighted by atomic mass is 32.2. The number of nitrogens with zero attached hydrogens (tertiary/aromatic N) is 5. The molecule has 7 nitrogen and oxygen atoms in total. The minimum atomic E-state index is 0.472. The smallest absolute Gasteiger partial charge is 0.237 e. The molecule has 0 aliphatic heterocycles. The molecule has 0 saturated heterocycles. The Hall–Kier alpha value is -2.35. The molecular weight excluding hydrogens is 300 g/mol. The van der Waals surface area contributed by atoms with Crippen LogP contribution in [0.4, 0.5) is 0 Å². The second-order valence-corrected chi connectivity index (χ2v) is 6.09. The van der Waals surface area contributed by atoms with Crippen molar-refractivity contribution in [3.05, 3.63) is 42.0 Å². The molecule has 4 rings (SSSR count). The van der Waals surface area contributed by atoms with Gasteiger partial charge in [0.25, 0.3) is 0 Å². The molecular formula is C14H14N6OS. The molecule has 3 aromatic rings. The first-order valence-corrected chi connectivity index (χ1v) is 8.01. The zero-order valence-corrected chi connectivity index (χ0v) is 12.5. The molecule has 22 heavy (non-hydrogen) atoms. The summed E-state index contributed by atoms with van der Waals surface area (Å²) in [5.41, 5.74) is 0.931. The van der Waals surface area contributed by atoms with Crippen LogP contribution in [0.25, 0.3) is 11.4 Å². The highest BCUT2D eigenvalue weighted by Crippen LogP contribution is 2.39. The summed E-state index contributed by atoms with van der Waals surface area (Å²) in [5.74, 6) is 8.98. The maximum atomic E-state index is 6.01. The molecule has 112 valence electrons. The Balaban J connectivity index is 1.45. The third kappa shape index (κ3) is 2.57. The molecule has 1 aliphatic carbocycles. The molecule has 2 aromatic heterocycles. The first kappa shape index (κ1) is 13.3. The van der Waals surface area contributed by atoms with Crippen LogP contribution in [0.2, 0.25) is 0 Å². The summed E-state index contributed by atoms with van der Waals surface area (Å²) in [4.78, 5) is 4.38. The van der Waals surface area contributed by atoms with Gasteiger partial charge in [-0.2, -0.15) is 4.98 Å². The maximum Gasteiger partial charge on any atom is 0.237 e. The Bertz CT molecular complexity index is 780. The molecule has 0 amide bonds. The van der Waals surface area contributed by atoms with E-state index < -0.39 is 0 Å². The van der Waals surface area contributed by atoms with E-state index in [1.165, 1.54) is 11.8 Å². The predicted molar refractivity (Wildman–Crippen MR) is 81.4 cm³/mol. The van der Waals surface area contributed by atoms with E-state index in [2.05, 4.69) is 20.3 Å². The number of aromatic nitrogens is 5. The summed E-state index contributed by atoms with van der Waals surface area (Å²) in [5, 5.41) is 12.9. The van der Waals surface area contributed by atoms with Crippen molar-refractivity contribution in [1.29, 1.82) is 0 Å². The lowest BCUT2D eigenvalue weighted by Gasteiger charge is -2.00. The topological polar surface area (TPSA) is 95.7 Å². The molecule has 2 N–H and O–H groups in total. The highest BCUT2D eigenvalue weighted by molar-refractivity contribution is 7.98. The van der Waals surface area contributed by atoms with Crippen LogP contribution < -0.4 is 5.84 Å². The van der Waals surface area contributed by atoms with Gasteiger partial charge in [-0.15, -0.1) is 10.2 Å². The molecule has 2 heterocycles. The molecule has 0 atom stereocenters. The molecule has 1 saturated carbocycles. The van der Waals surface area contributed by atoms with E-state index in [1.807, 2.05) is 30.3 Å². The van der Waals surface area contributed by atoms with Crippen LogP contribution in [0, 0.1) is 0 Å². The lowest BCUT2D eigenvalue weighted by atomic mass is 10.2. The van der Waals surface area contributed by atoms with E-state index in [1.54, 1.807) is 4.68 Å². The van der Waals surface area contributed by atoms with Gasteiger partial charge in [-0.05, 0) is 12.8 Å². The Morgan fingerprint density at radius 1 is 1.23 bits per heavy atom. The minimum absolute atomic E-state index is 0.472. The van der Waals surface area contributed by atoms with Crippen LogP contribution in [0.5, 0.6) is 0 Å². The molecule has 0 bridgehead atoms. The van der Waals surface area contributed by atoms with Gasteiger partial charge in [0.05, 0.1) is 5.75 Å². The van der Waals surface area contributed by atoms with Crippen molar-refractivity contribution >= 4 is 11.8 Å². The summed E-state index contributed by atoms with van der Waals surface area (Å²) < 4.78 is 6.83. The molecule has 8 heteroatoms. The van der Waals surface area contributed by atoms with E-state index in [0.717, 1.165) is 24.2 Å². The normalized spacial score (nSPS) is 14.4. The zero-order chi connectivity index (χ0) is 14.9. The van der Waals surface area contributed by atoms with Crippen LogP contribution in [0.1, 0.15) is 30.5 Å². The predicted octanol–water partition coefficient (Wildman–Crippen LogP) is 2.21. The average Bonchev–Trinajstić information content (AvgIpc) is 3.16. The number of benzene rings is 1. The van der Waals surface area contributed by atoms with Crippen molar-refractivity contribution in [2.75, 3.05) is 5.84 Å². The summed E-state index contributed by atoms with van der Waals surface area (Å²) in [6.07, 6.45) is 2.29. The van der Waals surface area contributed by atoms with Crippen LogP contribution in [0.15, 0.2) is 40.0 Å². The van der Waals surface area contributed by atoms with Gasteiger partial charge in [0, 0.05) is 11.5 Å². The number of nitrogens with two attached hydrogens (primary N) is 1. The van der Waals surface area contributed by atoms with Crippen molar-refractivity contribution in [1.82, 2.24) is 25.0 Å². The second-order valence-electron chi connectivity index (χ2n) is 5.15. The van der Waals surface area contributed by atoms with Gasteiger partial charge in [0.15, 0.2) is 5.82 Å². The number of rotatable bonds is 5. The molecule has 1 fully saturated rings. The maximum absolute atomic E-state index is 6.01. The molecule has 0 radical (unpaired) electrons. The van der Waals surface area contributed by atoms with Gasteiger partial charge in [-0.25, -0.2) is 4.68 Å². The van der Waals surface area contributed by atoms with E-state index in [0.29, 0.717) is 28.5 Å². The van der Waals surface area contributed by atoms with Crippen LogP contribution >= 0.6 is 11.8 Å². The van der Waals surface area contributed by atoms with Gasteiger partial charge in [0.2, 0.25) is 16.9 Å². The zero-order valence-electron chi connectivity index (χ0n) is 11.7.